The van der Waals surface area contributed by atoms with Crippen molar-refractivity contribution in [2.45, 2.75) is 32.7 Å². The Kier molecular flexibility index (Phi) is 4.68. The number of fused-ring (bicyclic) bond motifs is 1. The van der Waals surface area contributed by atoms with Gasteiger partial charge in [-0.15, -0.1) is 0 Å². The first-order valence-electron chi connectivity index (χ1n) is 7.16. The average molecular weight is 310 g/mol. The molecular weight excluding hydrogens is 288 g/mol. The standard InChI is InChI=1S/C15H22N2O3S/c1-12(2)17(21(3,19)20)11-15(18)16-10-6-8-13-7-4-5-9-14(13)16/h4-5,7,9,12H,6,8,10-11H2,1-3H3. The Labute approximate surface area is 126 Å². The molecule has 0 fully saturated rings. The molecule has 0 radical (unpaired) electrons. The fourth-order valence-electron chi connectivity index (χ4n) is 2.69. The topological polar surface area (TPSA) is 57.7 Å². The van der Waals surface area contributed by atoms with Crippen LogP contribution >= 0.6 is 0 Å². The molecule has 0 atom stereocenters. The number of para-hydroxylation sites is 1. The van der Waals surface area contributed by atoms with Crippen molar-refractivity contribution in [1.82, 2.24) is 4.31 Å². The number of hydrogen-bond acceptors (Lipinski definition) is 3. The molecule has 0 spiro atoms. The van der Waals surface area contributed by atoms with E-state index in [0.717, 1.165) is 30.3 Å². The van der Waals surface area contributed by atoms with Crippen molar-refractivity contribution in [2.75, 3.05) is 24.2 Å². The summed E-state index contributed by atoms with van der Waals surface area (Å²) in [5, 5.41) is 0. The molecule has 0 saturated carbocycles. The highest BCUT2D eigenvalue weighted by Crippen LogP contribution is 2.27. The Balaban J connectivity index is 2.22. The number of aryl methyl sites for hydroxylation is 1. The lowest BCUT2D eigenvalue weighted by Crippen LogP contribution is -2.46. The van der Waals surface area contributed by atoms with Crippen molar-refractivity contribution in [2.24, 2.45) is 0 Å². The Morgan fingerprint density at radius 1 is 1.33 bits per heavy atom. The normalized spacial score (nSPS) is 15.4. The smallest absolute Gasteiger partial charge is 0.242 e. The number of nitrogens with zero attached hydrogens (tertiary/aromatic N) is 2. The van der Waals surface area contributed by atoms with Crippen molar-refractivity contribution >= 4 is 21.6 Å². The van der Waals surface area contributed by atoms with E-state index in [9.17, 15) is 13.2 Å². The second-order valence-electron chi connectivity index (χ2n) is 5.68. The minimum atomic E-state index is -3.39. The third-order valence-corrected chi connectivity index (χ3v) is 5.11. The molecule has 0 bridgehead atoms. The maximum atomic E-state index is 12.5. The predicted octanol–water partition coefficient (Wildman–Crippen LogP) is 1.64. The van der Waals surface area contributed by atoms with Gasteiger partial charge in [0.05, 0.1) is 12.8 Å². The van der Waals surface area contributed by atoms with E-state index in [1.54, 1.807) is 18.7 Å². The molecule has 6 heteroatoms. The van der Waals surface area contributed by atoms with Gasteiger partial charge >= 0.3 is 0 Å². The molecule has 116 valence electrons. The van der Waals surface area contributed by atoms with E-state index in [1.807, 2.05) is 24.3 Å². The molecule has 0 aliphatic carbocycles. The Bertz CT molecular complexity index is 626. The van der Waals surface area contributed by atoms with Gasteiger partial charge in [-0.25, -0.2) is 8.42 Å². The summed E-state index contributed by atoms with van der Waals surface area (Å²) in [5.74, 6) is -0.165. The molecular formula is C15H22N2O3S. The Morgan fingerprint density at radius 3 is 2.62 bits per heavy atom. The molecule has 0 unspecified atom stereocenters. The second-order valence-corrected chi connectivity index (χ2v) is 7.61. The summed E-state index contributed by atoms with van der Waals surface area (Å²) in [4.78, 5) is 14.2. The van der Waals surface area contributed by atoms with Crippen LogP contribution in [0.25, 0.3) is 0 Å². The first-order chi connectivity index (χ1) is 9.80. The summed E-state index contributed by atoms with van der Waals surface area (Å²) in [6.07, 6.45) is 3.01. The maximum Gasteiger partial charge on any atom is 0.242 e. The molecule has 1 aromatic carbocycles. The first-order valence-corrected chi connectivity index (χ1v) is 9.00. The number of anilines is 1. The molecule has 0 aromatic heterocycles. The summed E-state index contributed by atoms with van der Waals surface area (Å²) >= 11 is 0. The van der Waals surface area contributed by atoms with Crippen molar-refractivity contribution in [3.05, 3.63) is 29.8 Å². The number of sulfonamides is 1. The second kappa shape index (κ2) is 6.15. The van der Waals surface area contributed by atoms with Crippen LogP contribution < -0.4 is 4.90 Å². The summed E-state index contributed by atoms with van der Waals surface area (Å²) in [6.45, 7) is 4.09. The van der Waals surface area contributed by atoms with E-state index in [1.165, 1.54) is 4.31 Å². The molecule has 1 aromatic rings. The van der Waals surface area contributed by atoms with Crippen LogP contribution in [0.1, 0.15) is 25.8 Å². The van der Waals surface area contributed by atoms with Crippen LogP contribution in [0, 0.1) is 0 Å². The number of hydrogen-bond donors (Lipinski definition) is 0. The zero-order chi connectivity index (χ0) is 15.6. The third-order valence-electron chi connectivity index (χ3n) is 3.70. The fourth-order valence-corrected chi connectivity index (χ4v) is 3.80. The van der Waals surface area contributed by atoms with E-state index < -0.39 is 10.0 Å². The molecule has 5 nitrogen and oxygen atoms in total. The largest absolute Gasteiger partial charge is 0.311 e. The average Bonchev–Trinajstić information content (AvgIpc) is 2.42. The lowest BCUT2D eigenvalue weighted by Gasteiger charge is -2.32. The minimum Gasteiger partial charge on any atom is -0.311 e. The third kappa shape index (κ3) is 3.63. The van der Waals surface area contributed by atoms with Crippen molar-refractivity contribution in [1.29, 1.82) is 0 Å². The number of amides is 1. The summed E-state index contributed by atoms with van der Waals surface area (Å²) in [5.41, 5.74) is 2.05. The van der Waals surface area contributed by atoms with Crippen LogP contribution in [-0.4, -0.2) is 44.0 Å². The van der Waals surface area contributed by atoms with Gasteiger partial charge < -0.3 is 4.90 Å². The molecule has 1 heterocycles. The van der Waals surface area contributed by atoms with Crippen LogP contribution in [0.3, 0.4) is 0 Å². The number of benzene rings is 1. The van der Waals surface area contributed by atoms with Gasteiger partial charge in [0.1, 0.15) is 0 Å². The lowest BCUT2D eigenvalue weighted by molar-refractivity contribution is -0.119. The van der Waals surface area contributed by atoms with Gasteiger partial charge in [-0.2, -0.15) is 4.31 Å². The van der Waals surface area contributed by atoms with E-state index in [2.05, 4.69) is 0 Å². The number of carbonyl (C=O) groups is 1. The van der Waals surface area contributed by atoms with Crippen LogP contribution in [0.2, 0.25) is 0 Å². The van der Waals surface area contributed by atoms with Gasteiger partial charge in [0.25, 0.3) is 0 Å². The molecule has 0 saturated heterocycles. The van der Waals surface area contributed by atoms with Crippen LogP contribution in [0.5, 0.6) is 0 Å². The Morgan fingerprint density at radius 2 is 2.00 bits per heavy atom. The molecule has 1 aliphatic rings. The maximum absolute atomic E-state index is 12.5. The van der Waals surface area contributed by atoms with Crippen molar-refractivity contribution in [3.63, 3.8) is 0 Å². The van der Waals surface area contributed by atoms with Gasteiger partial charge in [0, 0.05) is 18.3 Å². The van der Waals surface area contributed by atoms with Gasteiger partial charge in [0.2, 0.25) is 15.9 Å². The van der Waals surface area contributed by atoms with Gasteiger partial charge in [-0.3, -0.25) is 4.79 Å². The van der Waals surface area contributed by atoms with Crippen molar-refractivity contribution < 1.29 is 13.2 Å². The zero-order valence-corrected chi connectivity index (χ0v) is 13.6. The minimum absolute atomic E-state index is 0.106. The Hall–Kier alpha value is -1.40. The van der Waals surface area contributed by atoms with E-state index in [4.69, 9.17) is 0 Å². The first kappa shape index (κ1) is 16.0. The van der Waals surface area contributed by atoms with E-state index >= 15 is 0 Å². The summed E-state index contributed by atoms with van der Waals surface area (Å²) < 4.78 is 24.8. The molecule has 1 aliphatic heterocycles. The quantitative estimate of drug-likeness (QED) is 0.849. The highest BCUT2D eigenvalue weighted by Gasteiger charge is 2.28. The number of carbonyl (C=O) groups excluding carboxylic acids is 1. The van der Waals surface area contributed by atoms with Gasteiger partial charge in [-0.1, -0.05) is 18.2 Å². The highest BCUT2D eigenvalue weighted by atomic mass is 32.2. The molecule has 0 N–H and O–H groups in total. The predicted molar refractivity (Wildman–Crippen MR) is 83.8 cm³/mol. The number of rotatable bonds is 4. The SMILES string of the molecule is CC(C)N(CC(=O)N1CCCc2ccccc21)S(C)(=O)=O. The highest BCUT2D eigenvalue weighted by molar-refractivity contribution is 7.88. The van der Waals surface area contributed by atoms with E-state index in [-0.39, 0.29) is 18.5 Å². The zero-order valence-electron chi connectivity index (χ0n) is 12.7. The molecule has 21 heavy (non-hydrogen) atoms. The van der Waals surface area contributed by atoms with Crippen LogP contribution in [0.4, 0.5) is 5.69 Å². The fraction of sp³-hybridized carbons (Fsp3) is 0.533. The van der Waals surface area contributed by atoms with Crippen LogP contribution in [-0.2, 0) is 21.2 Å². The monoisotopic (exact) mass is 310 g/mol. The van der Waals surface area contributed by atoms with Crippen LogP contribution in [0.15, 0.2) is 24.3 Å². The van der Waals surface area contributed by atoms with Crippen molar-refractivity contribution in [3.8, 4) is 0 Å². The molecule has 1 amide bonds. The molecule has 2 rings (SSSR count). The lowest BCUT2D eigenvalue weighted by atomic mass is 10.0. The summed E-state index contributed by atoms with van der Waals surface area (Å²) in [6, 6.07) is 7.58. The van der Waals surface area contributed by atoms with E-state index in [0.29, 0.717) is 6.54 Å². The van der Waals surface area contributed by atoms with Gasteiger partial charge in [0.15, 0.2) is 0 Å². The van der Waals surface area contributed by atoms with Gasteiger partial charge in [-0.05, 0) is 38.3 Å². The summed E-state index contributed by atoms with van der Waals surface area (Å²) in [7, 11) is -3.39.